The van der Waals surface area contributed by atoms with Crippen molar-refractivity contribution in [2.75, 3.05) is 13.2 Å². The van der Waals surface area contributed by atoms with Crippen molar-refractivity contribution in [1.29, 1.82) is 0 Å². The van der Waals surface area contributed by atoms with Gasteiger partial charge in [-0.05, 0) is 122 Å². The van der Waals surface area contributed by atoms with E-state index in [1.165, 1.54) is 77.0 Å². The van der Waals surface area contributed by atoms with Crippen LogP contribution < -0.4 is 0 Å². The lowest BCUT2D eigenvalue weighted by atomic mass is 10.1. The Labute approximate surface area is 462 Å². The van der Waals surface area contributed by atoms with E-state index in [0.717, 1.165) is 148 Å². The van der Waals surface area contributed by atoms with Crippen LogP contribution in [0.5, 0.6) is 0 Å². The molecule has 6 nitrogen and oxygen atoms in total. The normalized spacial score (nSPS) is 13.1. The first kappa shape index (κ1) is 70.5. The highest BCUT2D eigenvalue weighted by Crippen LogP contribution is 2.14. The van der Waals surface area contributed by atoms with E-state index in [4.69, 9.17) is 14.2 Å². The van der Waals surface area contributed by atoms with Crippen LogP contribution in [-0.4, -0.2) is 37.2 Å². The molecule has 0 heterocycles. The van der Waals surface area contributed by atoms with Gasteiger partial charge in [-0.15, -0.1) is 0 Å². The van der Waals surface area contributed by atoms with E-state index in [-0.39, 0.29) is 31.1 Å². The molecule has 0 N–H and O–H groups in total. The number of allylic oxidation sites excluding steroid dienone is 22. The molecule has 0 saturated carbocycles. The van der Waals surface area contributed by atoms with E-state index >= 15 is 0 Å². The van der Waals surface area contributed by atoms with Crippen LogP contribution in [0.2, 0.25) is 0 Å². The summed E-state index contributed by atoms with van der Waals surface area (Å²) in [5.41, 5.74) is 0. The van der Waals surface area contributed by atoms with Crippen molar-refractivity contribution >= 4 is 17.9 Å². The van der Waals surface area contributed by atoms with Crippen LogP contribution in [0.25, 0.3) is 0 Å². The number of esters is 3. The molecule has 0 aromatic carbocycles. The zero-order valence-corrected chi connectivity index (χ0v) is 48.5. The van der Waals surface area contributed by atoms with E-state index < -0.39 is 6.10 Å². The topological polar surface area (TPSA) is 78.9 Å². The average molecular weight is 1040 g/mol. The van der Waals surface area contributed by atoms with Crippen LogP contribution in [-0.2, 0) is 28.6 Å². The molecule has 0 aromatic heterocycles. The molecule has 75 heavy (non-hydrogen) atoms. The Kier molecular flexibility index (Phi) is 58.4. The molecule has 0 radical (unpaired) electrons. The number of ether oxygens (including phenoxy) is 3. The third kappa shape index (κ3) is 60.3. The molecular weight excluding hydrogens is 925 g/mol. The summed E-state index contributed by atoms with van der Waals surface area (Å²) in [5.74, 6) is -0.943. The molecular formula is C69H112O6. The van der Waals surface area contributed by atoms with Gasteiger partial charge in [-0.2, -0.15) is 0 Å². The van der Waals surface area contributed by atoms with Gasteiger partial charge in [0, 0.05) is 19.3 Å². The Morgan fingerprint density at radius 1 is 0.280 bits per heavy atom. The fourth-order valence-corrected chi connectivity index (χ4v) is 8.05. The van der Waals surface area contributed by atoms with Crippen LogP contribution in [0.4, 0.5) is 0 Å². The van der Waals surface area contributed by atoms with Gasteiger partial charge in [0.1, 0.15) is 13.2 Å². The highest BCUT2D eigenvalue weighted by molar-refractivity contribution is 5.71. The molecule has 1 unspecified atom stereocenters. The van der Waals surface area contributed by atoms with Gasteiger partial charge < -0.3 is 14.2 Å². The third-order valence-corrected chi connectivity index (χ3v) is 12.6. The predicted molar refractivity (Wildman–Crippen MR) is 325 cm³/mol. The summed E-state index contributed by atoms with van der Waals surface area (Å²) in [6.45, 7) is 6.43. The maximum absolute atomic E-state index is 12.8. The van der Waals surface area contributed by atoms with Gasteiger partial charge in [-0.1, -0.05) is 257 Å². The maximum atomic E-state index is 12.8. The van der Waals surface area contributed by atoms with E-state index in [2.05, 4.69) is 154 Å². The molecule has 6 heteroatoms. The molecule has 0 bridgehead atoms. The molecule has 0 amide bonds. The van der Waals surface area contributed by atoms with E-state index in [1.807, 2.05) is 0 Å². The van der Waals surface area contributed by atoms with Gasteiger partial charge in [0.05, 0.1) is 0 Å². The molecule has 0 spiro atoms. The van der Waals surface area contributed by atoms with Crippen molar-refractivity contribution in [2.45, 2.75) is 271 Å². The molecule has 0 rings (SSSR count). The number of carbonyl (C=O) groups is 3. The van der Waals surface area contributed by atoms with Gasteiger partial charge in [0.25, 0.3) is 0 Å². The monoisotopic (exact) mass is 1040 g/mol. The van der Waals surface area contributed by atoms with Crippen molar-refractivity contribution in [2.24, 2.45) is 0 Å². The van der Waals surface area contributed by atoms with Crippen LogP contribution in [0.15, 0.2) is 134 Å². The molecule has 0 fully saturated rings. The van der Waals surface area contributed by atoms with Crippen molar-refractivity contribution in [3.8, 4) is 0 Å². The van der Waals surface area contributed by atoms with Gasteiger partial charge in [0.15, 0.2) is 6.10 Å². The van der Waals surface area contributed by atoms with Gasteiger partial charge in [-0.25, -0.2) is 0 Å². The zero-order chi connectivity index (χ0) is 54.3. The zero-order valence-electron chi connectivity index (χ0n) is 48.5. The molecule has 424 valence electrons. The van der Waals surface area contributed by atoms with Gasteiger partial charge >= 0.3 is 17.9 Å². The lowest BCUT2D eigenvalue weighted by Crippen LogP contribution is -2.30. The highest BCUT2D eigenvalue weighted by atomic mass is 16.6. The van der Waals surface area contributed by atoms with Crippen LogP contribution in [0, 0.1) is 0 Å². The van der Waals surface area contributed by atoms with Crippen molar-refractivity contribution < 1.29 is 28.6 Å². The Balaban J connectivity index is 4.28. The minimum Gasteiger partial charge on any atom is -0.462 e. The van der Waals surface area contributed by atoms with Crippen molar-refractivity contribution in [3.05, 3.63) is 134 Å². The Morgan fingerprint density at radius 2 is 0.520 bits per heavy atom. The van der Waals surface area contributed by atoms with E-state index in [9.17, 15) is 14.4 Å². The quantitative estimate of drug-likeness (QED) is 0.0261. The number of unbranched alkanes of at least 4 members (excludes halogenated alkanes) is 21. The Bertz CT molecular complexity index is 1620. The van der Waals surface area contributed by atoms with Crippen molar-refractivity contribution in [3.63, 3.8) is 0 Å². The smallest absolute Gasteiger partial charge is 0.306 e. The SMILES string of the molecule is CC/C=C\C/C=C\C/C=C\C/C=C\C/C=C\C/C=C\C/C=C\C/C=C\CCCCCCC(=O)OCC(COC(=O)CCCCCCCCC)OC(=O)CCCCCCCC/C=C\C/C=C\C/C=C\CCCCCCC. The van der Waals surface area contributed by atoms with Crippen molar-refractivity contribution in [1.82, 2.24) is 0 Å². The number of carbonyl (C=O) groups excluding carboxylic acids is 3. The Hall–Kier alpha value is -4.45. The fourth-order valence-electron chi connectivity index (χ4n) is 8.05. The van der Waals surface area contributed by atoms with Crippen LogP contribution in [0.3, 0.4) is 0 Å². The second kappa shape index (κ2) is 62.1. The lowest BCUT2D eigenvalue weighted by Gasteiger charge is -2.18. The number of hydrogen-bond acceptors (Lipinski definition) is 6. The first-order valence-corrected chi connectivity index (χ1v) is 30.7. The highest BCUT2D eigenvalue weighted by Gasteiger charge is 2.19. The lowest BCUT2D eigenvalue weighted by molar-refractivity contribution is -0.167. The third-order valence-electron chi connectivity index (χ3n) is 12.6. The summed E-state index contributed by atoms with van der Waals surface area (Å²) < 4.78 is 16.8. The predicted octanol–water partition coefficient (Wildman–Crippen LogP) is 21.0. The molecule has 1 atom stereocenters. The summed E-state index contributed by atoms with van der Waals surface area (Å²) in [4.78, 5) is 38.0. The average Bonchev–Trinajstić information content (AvgIpc) is 3.41. The minimum absolute atomic E-state index is 0.0947. The fraction of sp³-hybridized carbons (Fsp3) is 0.638. The van der Waals surface area contributed by atoms with Crippen LogP contribution in [0.1, 0.15) is 265 Å². The summed E-state index contributed by atoms with van der Waals surface area (Å²) in [5, 5.41) is 0. The van der Waals surface area contributed by atoms with Gasteiger partial charge in [-0.3, -0.25) is 14.4 Å². The second-order valence-electron chi connectivity index (χ2n) is 19.9. The largest absolute Gasteiger partial charge is 0.462 e. The molecule has 0 aliphatic heterocycles. The second-order valence-corrected chi connectivity index (χ2v) is 19.9. The maximum Gasteiger partial charge on any atom is 0.306 e. The molecule has 0 aliphatic carbocycles. The Morgan fingerprint density at radius 3 is 0.813 bits per heavy atom. The van der Waals surface area contributed by atoms with Gasteiger partial charge in [0.2, 0.25) is 0 Å². The molecule has 0 aliphatic rings. The summed E-state index contributed by atoms with van der Waals surface area (Å²) in [6, 6.07) is 0. The molecule has 0 aromatic rings. The summed E-state index contributed by atoms with van der Waals surface area (Å²) in [7, 11) is 0. The first-order valence-electron chi connectivity index (χ1n) is 30.7. The standard InChI is InChI=1S/C69H112O6/c1-4-7-10-13-16-18-20-22-24-26-28-30-31-32-33-34-35-36-37-39-40-42-44-46-48-50-53-56-59-62-68(71)74-65-66(64-73-67(70)61-58-55-52-15-12-9-6-3)75-69(72)63-60-57-54-51-49-47-45-43-41-38-29-27-25-23-21-19-17-14-11-8-5-2/h7,10,16,18,21-24,27-30,32-33,35-36,39-41,43-44,46,66H,4-6,8-9,11-15,17,19-20,25-26,31,34,37-38,42,45,47-65H2,1-3H3/b10-7-,18-16-,23-21-,24-22-,29-27-,30-28-,33-32-,36-35-,40-39-,43-41-,46-44-. The molecule has 0 saturated heterocycles. The first-order chi connectivity index (χ1) is 37.0. The summed E-state index contributed by atoms with van der Waals surface area (Å²) >= 11 is 0. The summed E-state index contributed by atoms with van der Waals surface area (Å²) in [6.07, 6.45) is 87.5. The minimum atomic E-state index is -0.798. The number of hydrogen-bond donors (Lipinski definition) is 0. The van der Waals surface area contributed by atoms with Crippen LogP contribution >= 0.6 is 0 Å². The van der Waals surface area contributed by atoms with E-state index in [0.29, 0.717) is 19.3 Å². The number of rotatable bonds is 54. The van der Waals surface area contributed by atoms with E-state index in [1.54, 1.807) is 0 Å².